The summed E-state index contributed by atoms with van der Waals surface area (Å²) < 4.78 is 0. The number of hydrazone groups is 1. The van der Waals surface area contributed by atoms with Crippen molar-refractivity contribution < 1.29 is 9.72 Å². The zero-order chi connectivity index (χ0) is 16.1. The number of nitrogens with zero attached hydrogens (tertiary/aromatic N) is 2. The van der Waals surface area contributed by atoms with Gasteiger partial charge in [-0.05, 0) is 18.2 Å². The second-order valence-corrected chi connectivity index (χ2v) is 4.96. The molecule has 0 atom stereocenters. The monoisotopic (exact) mass is 337 g/mol. The zero-order valence-electron chi connectivity index (χ0n) is 11.0. The minimum Gasteiger partial charge on any atom is -0.267 e. The van der Waals surface area contributed by atoms with E-state index in [2.05, 4.69) is 10.5 Å². The molecular weight excluding hydrogens is 329 g/mol. The van der Waals surface area contributed by atoms with Gasteiger partial charge in [0.05, 0.1) is 26.7 Å². The molecule has 0 unspecified atom stereocenters. The van der Waals surface area contributed by atoms with Gasteiger partial charge in [0.1, 0.15) is 0 Å². The molecule has 0 fully saturated rings. The molecule has 0 radical (unpaired) electrons. The maximum atomic E-state index is 11.9. The van der Waals surface area contributed by atoms with Crippen LogP contribution >= 0.6 is 23.2 Å². The van der Waals surface area contributed by atoms with Gasteiger partial charge in [0, 0.05) is 17.7 Å². The Hall–Kier alpha value is -2.44. The van der Waals surface area contributed by atoms with Gasteiger partial charge in [0.15, 0.2) is 0 Å². The summed E-state index contributed by atoms with van der Waals surface area (Å²) in [6.45, 7) is 0. The van der Waals surface area contributed by atoms with Crippen LogP contribution in [0.3, 0.4) is 0 Å². The van der Waals surface area contributed by atoms with Crippen molar-refractivity contribution in [3.05, 3.63) is 73.8 Å². The van der Waals surface area contributed by atoms with Crippen LogP contribution in [0.5, 0.6) is 0 Å². The summed E-state index contributed by atoms with van der Waals surface area (Å²) in [6.07, 6.45) is 1.29. The molecule has 0 saturated heterocycles. The van der Waals surface area contributed by atoms with Crippen molar-refractivity contribution in [2.75, 3.05) is 0 Å². The molecule has 0 heterocycles. The van der Waals surface area contributed by atoms with E-state index in [1.807, 2.05) is 0 Å². The number of hydrogen-bond donors (Lipinski definition) is 1. The molecule has 2 aromatic carbocycles. The molecule has 8 heteroatoms. The molecule has 1 amide bonds. The Bertz CT molecular complexity index is 763. The van der Waals surface area contributed by atoms with Crippen LogP contribution in [0.25, 0.3) is 0 Å². The Labute approximate surface area is 135 Å². The fourth-order valence-electron chi connectivity index (χ4n) is 1.60. The van der Waals surface area contributed by atoms with Gasteiger partial charge >= 0.3 is 0 Å². The van der Waals surface area contributed by atoms with E-state index >= 15 is 0 Å². The number of non-ortho nitro benzene ring substituents is 1. The van der Waals surface area contributed by atoms with Crippen LogP contribution in [-0.2, 0) is 0 Å². The SMILES string of the molecule is O=C(NN=Cc1ccc([N+](=O)[O-])cc1Cl)c1ccccc1Cl. The summed E-state index contributed by atoms with van der Waals surface area (Å²) >= 11 is 11.8. The third-order valence-electron chi connectivity index (χ3n) is 2.68. The van der Waals surface area contributed by atoms with Gasteiger partial charge in [-0.3, -0.25) is 14.9 Å². The van der Waals surface area contributed by atoms with Gasteiger partial charge in [0.2, 0.25) is 0 Å². The lowest BCUT2D eigenvalue weighted by atomic mass is 10.2. The van der Waals surface area contributed by atoms with Crippen molar-refractivity contribution >= 4 is 41.0 Å². The number of carbonyl (C=O) groups is 1. The predicted molar refractivity (Wildman–Crippen MR) is 84.6 cm³/mol. The quantitative estimate of drug-likeness (QED) is 0.524. The average Bonchev–Trinajstić information content (AvgIpc) is 2.49. The predicted octanol–water partition coefficient (Wildman–Crippen LogP) is 3.67. The molecule has 0 bridgehead atoms. The molecular formula is C14H9Cl2N3O3. The fourth-order valence-corrected chi connectivity index (χ4v) is 2.05. The molecule has 112 valence electrons. The van der Waals surface area contributed by atoms with Crippen LogP contribution in [-0.4, -0.2) is 17.0 Å². The van der Waals surface area contributed by atoms with Crippen LogP contribution in [0, 0.1) is 10.1 Å². The van der Waals surface area contributed by atoms with Gasteiger partial charge in [0.25, 0.3) is 11.6 Å². The van der Waals surface area contributed by atoms with Crippen LogP contribution in [0.4, 0.5) is 5.69 Å². The summed E-state index contributed by atoms with van der Waals surface area (Å²) in [5.41, 5.74) is 2.91. The first-order chi connectivity index (χ1) is 10.5. The minimum absolute atomic E-state index is 0.123. The van der Waals surface area contributed by atoms with Crippen molar-refractivity contribution in [3.8, 4) is 0 Å². The normalized spacial score (nSPS) is 10.6. The molecule has 0 aromatic heterocycles. The van der Waals surface area contributed by atoms with Gasteiger partial charge in [-0.2, -0.15) is 5.10 Å². The number of benzene rings is 2. The number of amides is 1. The van der Waals surface area contributed by atoms with Crippen molar-refractivity contribution in [1.82, 2.24) is 5.43 Å². The highest BCUT2D eigenvalue weighted by molar-refractivity contribution is 6.34. The van der Waals surface area contributed by atoms with Gasteiger partial charge in [-0.15, -0.1) is 0 Å². The largest absolute Gasteiger partial charge is 0.272 e. The van der Waals surface area contributed by atoms with Crippen molar-refractivity contribution in [3.63, 3.8) is 0 Å². The van der Waals surface area contributed by atoms with E-state index in [-0.39, 0.29) is 16.3 Å². The molecule has 0 spiro atoms. The van der Waals surface area contributed by atoms with Crippen LogP contribution in [0.2, 0.25) is 10.0 Å². The van der Waals surface area contributed by atoms with E-state index in [0.717, 1.165) is 0 Å². The van der Waals surface area contributed by atoms with E-state index in [1.165, 1.54) is 24.4 Å². The maximum absolute atomic E-state index is 11.9. The highest BCUT2D eigenvalue weighted by Gasteiger charge is 2.09. The third kappa shape index (κ3) is 3.81. The second-order valence-electron chi connectivity index (χ2n) is 4.14. The standard InChI is InChI=1S/C14H9Cl2N3O3/c15-12-4-2-1-3-11(12)14(20)18-17-8-9-5-6-10(19(21)22)7-13(9)16/h1-8H,(H,18,20). The molecule has 0 aliphatic rings. The molecule has 1 N–H and O–H groups in total. The maximum Gasteiger partial charge on any atom is 0.272 e. The van der Waals surface area contributed by atoms with E-state index < -0.39 is 10.8 Å². The van der Waals surface area contributed by atoms with Crippen LogP contribution in [0.1, 0.15) is 15.9 Å². The third-order valence-corrected chi connectivity index (χ3v) is 3.34. The van der Waals surface area contributed by atoms with Crippen LogP contribution < -0.4 is 5.43 Å². The van der Waals surface area contributed by atoms with Crippen LogP contribution in [0.15, 0.2) is 47.6 Å². The Kier molecular flexibility index (Phi) is 5.08. The lowest BCUT2D eigenvalue weighted by Crippen LogP contribution is -2.17. The summed E-state index contributed by atoms with van der Waals surface area (Å²) in [5, 5.41) is 14.8. The fraction of sp³-hybridized carbons (Fsp3) is 0. The molecule has 2 rings (SSSR count). The molecule has 22 heavy (non-hydrogen) atoms. The number of rotatable bonds is 4. The van der Waals surface area contributed by atoms with E-state index in [1.54, 1.807) is 24.3 Å². The first kappa shape index (κ1) is 15.9. The summed E-state index contributed by atoms with van der Waals surface area (Å²) in [4.78, 5) is 21.9. The Morgan fingerprint density at radius 1 is 1.18 bits per heavy atom. The Morgan fingerprint density at radius 2 is 1.91 bits per heavy atom. The Morgan fingerprint density at radius 3 is 2.55 bits per heavy atom. The summed E-state index contributed by atoms with van der Waals surface area (Å²) in [7, 11) is 0. The lowest BCUT2D eigenvalue weighted by molar-refractivity contribution is -0.384. The van der Waals surface area contributed by atoms with E-state index in [4.69, 9.17) is 23.2 Å². The molecule has 0 saturated carbocycles. The van der Waals surface area contributed by atoms with Crippen molar-refractivity contribution in [2.45, 2.75) is 0 Å². The number of carbonyl (C=O) groups excluding carboxylic acids is 1. The summed E-state index contributed by atoms with van der Waals surface area (Å²) in [5.74, 6) is -0.472. The van der Waals surface area contributed by atoms with Crippen molar-refractivity contribution in [1.29, 1.82) is 0 Å². The Balaban J connectivity index is 2.08. The number of halogens is 2. The smallest absolute Gasteiger partial charge is 0.267 e. The van der Waals surface area contributed by atoms with Gasteiger partial charge in [-0.1, -0.05) is 35.3 Å². The second kappa shape index (κ2) is 7.02. The lowest BCUT2D eigenvalue weighted by Gasteiger charge is -2.02. The number of nitro benzene ring substituents is 1. The van der Waals surface area contributed by atoms with Crippen molar-refractivity contribution in [2.24, 2.45) is 5.10 Å². The number of nitrogens with one attached hydrogen (secondary N) is 1. The first-order valence-corrected chi connectivity index (χ1v) is 6.76. The topological polar surface area (TPSA) is 84.6 Å². The zero-order valence-corrected chi connectivity index (χ0v) is 12.5. The van der Waals surface area contributed by atoms with Gasteiger partial charge < -0.3 is 0 Å². The van der Waals surface area contributed by atoms with Gasteiger partial charge in [-0.25, -0.2) is 5.43 Å². The summed E-state index contributed by atoms with van der Waals surface area (Å²) in [6, 6.07) is 10.5. The molecule has 0 aliphatic heterocycles. The number of nitro groups is 1. The van der Waals surface area contributed by atoms with E-state index in [0.29, 0.717) is 10.6 Å². The average molecular weight is 338 g/mol. The van der Waals surface area contributed by atoms with E-state index in [9.17, 15) is 14.9 Å². The molecule has 0 aliphatic carbocycles. The highest BCUT2D eigenvalue weighted by atomic mass is 35.5. The molecule has 2 aromatic rings. The first-order valence-electron chi connectivity index (χ1n) is 6.01. The minimum atomic E-state index is -0.550. The molecule has 6 nitrogen and oxygen atoms in total. The highest BCUT2D eigenvalue weighted by Crippen LogP contribution is 2.21. The number of hydrogen-bond acceptors (Lipinski definition) is 4.